The van der Waals surface area contributed by atoms with Crippen LogP contribution in [0.3, 0.4) is 0 Å². The smallest absolute Gasteiger partial charge is 0.135 e. The van der Waals surface area contributed by atoms with Gasteiger partial charge < -0.3 is 5.32 Å². The third-order valence-corrected chi connectivity index (χ3v) is 4.94. The highest BCUT2D eigenvalue weighted by atomic mass is 35.5. The van der Waals surface area contributed by atoms with Crippen LogP contribution in [0.25, 0.3) is 0 Å². The normalized spacial score (nSPS) is 13.3. The lowest BCUT2D eigenvalue weighted by molar-refractivity contribution is 0.930. The maximum atomic E-state index is 6.21. The summed E-state index contributed by atoms with van der Waals surface area (Å²) >= 11 is 14.3. The van der Waals surface area contributed by atoms with E-state index in [4.69, 9.17) is 23.2 Å². The predicted molar refractivity (Wildman–Crippen MR) is 85.8 cm³/mol. The number of benzene rings is 1. The summed E-state index contributed by atoms with van der Waals surface area (Å²) in [4.78, 5) is 9.24. The summed E-state index contributed by atoms with van der Waals surface area (Å²) in [6, 6.07) is 5.52. The number of rotatable bonds is 3. The third kappa shape index (κ3) is 2.60. The fraction of sp³-hybridized carbons (Fsp3) is 0.286. The highest BCUT2D eigenvalue weighted by Gasteiger charge is 2.20. The molecule has 104 valence electrons. The van der Waals surface area contributed by atoms with Crippen molar-refractivity contribution >= 4 is 40.8 Å². The van der Waals surface area contributed by atoms with Crippen molar-refractivity contribution in [2.75, 3.05) is 12.4 Å². The van der Waals surface area contributed by atoms with E-state index in [9.17, 15) is 0 Å². The van der Waals surface area contributed by atoms with E-state index in [0.29, 0.717) is 16.5 Å². The van der Waals surface area contributed by atoms with Crippen LogP contribution in [0.5, 0.6) is 0 Å². The molecule has 0 aliphatic carbocycles. The lowest BCUT2D eigenvalue weighted by atomic mass is 10.1. The summed E-state index contributed by atoms with van der Waals surface area (Å²) in [6.07, 6.45) is 0.547. The Morgan fingerprint density at radius 3 is 2.65 bits per heavy atom. The molecule has 3 nitrogen and oxygen atoms in total. The zero-order valence-electron chi connectivity index (χ0n) is 10.9. The van der Waals surface area contributed by atoms with Crippen molar-refractivity contribution in [2.24, 2.45) is 0 Å². The van der Waals surface area contributed by atoms with Crippen LogP contribution in [-0.4, -0.2) is 17.0 Å². The molecule has 2 heterocycles. The minimum absolute atomic E-state index is 0.547. The van der Waals surface area contributed by atoms with Crippen molar-refractivity contribution in [3.8, 4) is 0 Å². The van der Waals surface area contributed by atoms with Gasteiger partial charge in [-0.25, -0.2) is 9.97 Å². The molecule has 20 heavy (non-hydrogen) atoms. The first-order valence-electron chi connectivity index (χ1n) is 6.26. The average molecular weight is 326 g/mol. The molecule has 1 aromatic carbocycles. The summed E-state index contributed by atoms with van der Waals surface area (Å²) in [7, 11) is 1.89. The number of hydrogen-bond acceptors (Lipinski definition) is 4. The summed E-state index contributed by atoms with van der Waals surface area (Å²) in [6.45, 7) is 0. The fourth-order valence-electron chi connectivity index (χ4n) is 2.25. The van der Waals surface area contributed by atoms with Gasteiger partial charge in [-0.2, -0.15) is 11.8 Å². The molecule has 1 aliphatic heterocycles. The second-order valence-corrected chi connectivity index (χ2v) is 6.33. The van der Waals surface area contributed by atoms with Gasteiger partial charge >= 0.3 is 0 Å². The van der Waals surface area contributed by atoms with Gasteiger partial charge in [-0.1, -0.05) is 29.3 Å². The molecule has 6 heteroatoms. The number of halogens is 2. The molecule has 0 fully saturated rings. The van der Waals surface area contributed by atoms with Crippen molar-refractivity contribution in [3.05, 3.63) is 50.9 Å². The first kappa shape index (κ1) is 14.0. The van der Waals surface area contributed by atoms with E-state index in [-0.39, 0.29) is 0 Å². The monoisotopic (exact) mass is 325 g/mol. The summed E-state index contributed by atoms with van der Waals surface area (Å²) in [5.74, 6) is 3.58. The molecule has 0 saturated heterocycles. The number of fused-ring (bicyclic) bond motifs is 1. The van der Waals surface area contributed by atoms with Crippen LogP contribution in [-0.2, 0) is 17.9 Å². The van der Waals surface area contributed by atoms with Crippen LogP contribution < -0.4 is 5.32 Å². The van der Waals surface area contributed by atoms with Crippen molar-refractivity contribution in [1.29, 1.82) is 0 Å². The van der Waals surface area contributed by atoms with Crippen LogP contribution in [0.15, 0.2) is 18.2 Å². The number of aromatic nitrogens is 2. The SMILES string of the molecule is CNc1nc(Cc2c(Cl)cccc2Cl)nc2c1CSC2. The van der Waals surface area contributed by atoms with Gasteiger partial charge in [-0.15, -0.1) is 0 Å². The Kier molecular flexibility index (Phi) is 4.06. The van der Waals surface area contributed by atoms with Crippen molar-refractivity contribution in [3.63, 3.8) is 0 Å². The maximum Gasteiger partial charge on any atom is 0.135 e. The van der Waals surface area contributed by atoms with E-state index in [0.717, 1.165) is 34.4 Å². The van der Waals surface area contributed by atoms with Crippen LogP contribution in [0.1, 0.15) is 22.6 Å². The second-order valence-electron chi connectivity index (χ2n) is 4.53. The molecule has 1 N–H and O–H groups in total. The Hall–Kier alpha value is -0.970. The van der Waals surface area contributed by atoms with Gasteiger partial charge in [-0.3, -0.25) is 0 Å². The summed E-state index contributed by atoms with van der Waals surface area (Å²) in [5, 5.41) is 4.46. The van der Waals surface area contributed by atoms with Crippen LogP contribution in [0.4, 0.5) is 5.82 Å². The van der Waals surface area contributed by atoms with Gasteiger partial charge in [0.05, 0.1) is 5.69 Å². The zero-order chi connectivity index (χ0) is 14.1. The third-order valence-electron chi connectivity index (χ3n) is 3.26. The van der Waals surface area contributed by atoms with E-state index in [1.165, 1.54) is 5.56 Å². The topological polar surface area (TPSA) is 37.8 Å². The van der Waals surface area contributed by atoms with Crippen molar-refractivity contribution in [1.82, 2.24) is 9.97 Å². The van der Waals surface area contributed by atoms with Gasteiger partial charge in [0.25, 0.3) is 0 Å². The van der Waals surface area contributed by atoms with Crippen molar-refractivity contribution in [2.45, 2.75) is 17.9 Å². The Morgan fingerprint density at radius 2 is 1.95 bits per heavy atom. The molecule has 3 rings (SSSR count). The molecular weight excluding hydrogens is 313 g/mol. The number of hydrogen-bond donors (Lipinski definition) is 1. The second kappa shape index (κ2) is 5.80. The Bertz CT molecular complexity index is 641. The van der Waals surface area contributed by atoms with E-state index < -0.39 is 0 Å². The van der Waals surface area contributed by atoms with Gasteiger partial charge in [0.2, 0.25) is 0 Å². The average Bonchev–Trinajstić information content (AvgIpc) is 2.90. The number of anilines is 1. The van der Waals surface area contributed by atoms with Gasteiger partial charge in [-0.05, 0) is 17.7 Å². The van der Waals surface area contributed by atoms with E-state index in [1.54, 1.807) is 0 Å². The van der Waals surface area contributed by atoms with Crippen LogP contribution in [0.2, 0.25) is 10.0 Å². The first-order chi connectivity index (χ1) is 9.69. The van der Waals surface area contributed by atoms with Gasteiger partial charge in [0.15, 0.2) is 0 Å². The molecule has 2 aromatic rings. The van der Waals surface area contributed by atoms with E-state index in [2.05, 4.69) is 15.3 Å². The minimum atomic E-state index is 0.547. The number of nitrogens with one attached hydrogen (secondary N) is 1. The summed E-state index contributed by atoms with van der Waals surface area (Å²) < 4.78 is 0. The molecule has 0 saturated carbocycles. The van der Waals surface area contributed by atoms with Crippen molar-refractivity contribution < 1.29 is 0 Å². The minimum Gasteiger partial charge on any atom is -0.373 e. The first-order valence-corrected chi connectivity index (χ1v) is 8.17. The molecule has 0 amide bonds. The molecule has 0 unspecified atom stereocenters. The zero-order valence-corrected chi connectivity index (χ0v) is 13.2. The maximum absolute atomic E-state index is 6.21. The molecule has 1 aliphatic rings. The summed E-state index contributed by atoms with van der Waals surface area (Å²) in [5.41, 5.74) is 3.21. The number of thioether (sulfide) groups is 1. The lowest BCUT2D eigenvalue weighted by Gasteiger charge is -2.10. The standard InChI is InChI=1S/C14H13Cl2N3S/c1-17-14-9-6-20-7-12(9)18-13(19-14)5-8-10(15)3-2-4-11(8)16/h2-4H,5-7H2,1H3,(H,17,18,19). The quantitative estimate of drug-likeness (QED) is 0.919. The molecule has 0 spiro atoms. The van der Waals surface area contributed by atoms with Crippen LogP contribution in [0, 0.1) is 0 Å². The Morgan fingerprint density at radius 1 is 1.20 bits per heavy atom. The van der Waals surface area contributed by atoms with Gasteiger partial charge in [0.1, 0.15) is 11.6 Å². The van der Waals surface area contributed by atoms with Gasteiger partial charge in [0, 0.05) is 40.6 Å². The van der Waals surface area contributed by atoms with Crippen LogP contribution >= 0.6 is 35.0 Å². The number of nitrogens with zero attached hydrogens (tertiary/aromatic N) is 2. The largest absolute Gasteiger partial charge is 0.373 e. The molecule has 0 atom stereocenters. The highest BCUT2D eigenvalue weighted by molar-refractivity contribution is 7.98. The molecular formula is C14H13Cl2N3S. The predicted octanol–water partition coefficient (Wildman–Crippen LogP) is 4.16. The molecule has 0 bridgehead atoms. The van der Waals surface area contributed by atoms with E-state index >= 15 is 0 Å². The Labute approximate surface area is 132 Å². The molecule has 0 radical (unpaired) electrons. The lowest BCUT2D eigenvalue weighted by Crippen LogP contribution is -2.06. The van der Waals surface area contributed by atoms with E-state index in [1.807, 2.05) is 37.0 Å². The highest BCUT2D eigenvalue weighted by Crippen LogP contribution is 2.33. The fourth-order valence-corrected chi connectivity index (χ4v) is 3.82. The molecule has 1 aromatic heterocycles. The Balaban J connectivity index is 1.99.